The summed E-state index contributed by atoms with van der Waals surface area (Å²) >= 11 is 6.09. The van der Waals surface area contributed by atoms with Gasteiger partial charge in [0.15, 0.2) is 0 Å². The predicted octanol–water partition coefficient (Wildman–Crippen LogP) is 4.24. The van der Waals surface area contributed by atoms with Crippen molar-refractivity contribution in [3.63, 3.8) is 0 Å². The van der Waals surface area contributed by atoms with Gasteiger partial charge in [-0.3, -0.25) is 0 Å². The van der Waals surface area contributed by atoms with E-state index in [1.807, 2.05) is 28.9 Å². The van der Waals surface area contributed by atoms with Crippen molar-refractivity contribution >= 4 is 11.6 Å². The number of nitrogens with zero attached hydrogens (tertiary/aromatic N) is 2. The summed E-state index contributed by atoms with van der Waals surface area (Å²) in [4.78, 5) is 0. The smallest absolute Gasteiger partial charge is 0.0663 e. The highest BCUT2D eigenvalue weighted by atomic mass is 35.5. The molecule has 21 heavy (non-hydrogen) atoms. The van der Waals surface area contributed by atoms with Crippen molar-refractivity contribution in [2.75, 3.05) is 6.54 Å². The summed E-state index contributed by atoms with van der Waals surface area (Å²) in [6, 6.07) is 8.31. The molecule has 0 aliphatic heterocycles. The van der Waals surface area contributed by atoms with E-state index >= 15 is 0 Å². The minimum absolute atomic E-state index is 0.431. The van der Waals surface area contributed by atoms with Crippen molar-refractivity contribution in [2.24, 2.45) is 0 Å². The van der Waals surface area contributed by atoms with Crippen LogP contribution < -0.4 is 5.32 Å². The van der Waals surface area contributed by atoms with E-state index in [4.69, 9.17) is 16.7 Å². The van der Waals surface area contributed by atoms with Gasteiger partial charge >= 0.3 is 0 Å². The second-order valence-electron chi connectivity index (χ2n) is 5.94. The van der Waals surface area contributed by atoms with E-state index in [0.717, 1.165) is 22.9 Å². The van der Waals surface area contributed by atoms with Crippen molar-refractivity contribution in [3.8, 4) is 5.69 Å². The Morgan fingerprint density at radius 3 is 2.57 bits per heavy atom. The summed E-state index contributed by atoms with van der Waals surface area (Å²) in [5.74, 6) is 0.431. The van der Waals surface area contributed by atoms with E-state index in [1.54, 1.807) is 0 Å². The molecule has 1 heterocycles. The number of nitrogens with one attached hydrogen (secondary N) is 1. The molecule has 0 amide bonds. The Labute approximate surface area is 132 Å². The molecule has 114 valence electrons. The highest BCUT2D eigenvalue weighted by Crippen LogP contribution is 2.26. The molecule has 1 N–H and O–H groups in total. The van der Waals surface area contributed by atoms with E-state index in [-0.39, 0.29) is 0 Å². The number of benzene rings is 1. The normalized spacial score (nSPS) is 12.9. The third kappa shape index (κ3) is 3.66. The monoisotopic (exact) mass is 305 g/mol. The number of hydrogen-bond donors (Lipinski definition) is 1. The Balaban J connectivity index is 2.33. The maximum atomic E-state index is 6.09. The first kappa shape index (κ1) is 16.1. The van der Waals surface area contributed by atoms with Gasteiger partial charge in [0, 0.05) is 28.9 Å². The maximum absolute atomic E-state index is 6.09. The highest BCUT2D eigenvalue weighted by molar-refractivity contribution is 6.30. The van der Waals surface area contributed by atoms with Crippen molar-refractivity contribution in [1.82, 2.24) is 15.1 Å². The van der Waals surface area contributed by atoms with Crippen molar-refractivity contribution in [3.05, 3.63) is 46.2 Å². The molecule has 0 bridgehead atoms. The van der Waals surface area contributed by atoms with Crippen LogP contribution in [0.4, 0.5) is 0 Å². The topological polar surface area (TPSA) is 29.9 Å². The molecule has 1 atom stereocenters. The van der Waals surface area contributed by atoms with Gasteiger partial charge in [-0.05, 0) is 38.0 Å². The minimum Gasteiger partial charge on any atom is -0.314 e. The van der Waals surface area contributed by atoms with Crippen LogP contribution in [0.3, 0.4) is 0 Å². The van der Waals surface area contributed by atoms with Crippen LogP contribution >= 0.6 is 11.6 Å². The average Bonchev–Trinajstić information content (AvgIpc) is 2.71. The number of aryl methyl sites for hydroxylation is 1. The van der Waals surface area contributed by atoms with Crippen LogP contribution in [0.2, 0.25) is 5.02 Å². The van der Waals surface area contributed by atoms with E-state index < -0.39 is 0 Å². The van der Waals surface area contributed by atoms with Crippen LogP contribution in [0.1, 0.15) is 43.6 Å². The van der Waals surface area contributed by atoms with Crippen LogP contribution in [-0.2, 0) is 0 Å². The first-order valence-corrected chi connectivity index (χ1v) is 7.83. The SMILES string of the molecule is Cc1nn(-c2cccc(Cl)c2)c(C)c1C(C)CNC(C)C. The van der Waals surface area contributed by atoms with Crippen LogP contribution in [0.25, 0.3) is 5.69 Å². The molecule has 0 fully saturated rings. The van der Waals surface area contributed by atoms with Gasteiger partial charge in [0.25, 0.3) is 0 Å². The highest BCUT2D eigenvalue weighted by Gasteiger charge is 2.18. The lowest BCUT2D eigenvalue weighted by molar-refractivity contribution is 0.546. The Hall–Kier alpha value is -1.32. The molecule has 0 aliphatic carbocycles. The van der Waals surface area contributed by atoms with Crippen molar-refractivity contribution < 1.29 is 0 Å². The number of aromatic nitrogens is 2. The second kappa shape index (κ2) is 6.63. The molecule has 1 unspecified atom stereocenters. The lowest BCUT2D eigenvalue weighted by atomic mass is 9.99. The molecule has 2 aromatic rings. The van der Waals surface area contributed by atoms with Crippen LogP contribution in [0.15, 0.2) is 24.3 Å². The van der Waals surface area contributed by atoms with Gasteiger partial charge in [0.2, 0.25) is 0 Å². The Bertz CT molecular complexity index is 616. The van der Waals surface area contributed by atoms with Gasteiger partial charge in [-0.25, -0.2) is 4.68 Å². The number of halogens is 1. The number of hydrogen-bond acceptors (Lipinski definition) is 2. The van der Waals surface area contributed by atoms with Crippen LogP contribution in [0.5, 0.6) is 0 Å². The third-order valence-electron chi connectivity index (χ3n) is 3.73. The lowest BCUT2D eigenvalue weighted by Crippen LogP contribution is -2.27. The molecule has 4 heteroatoms. The molecule has 1 aromatic carbocycles. The molecule has 2 rings (SSSR count). The van der Waals surface area contributed by atoms with Gasteiger partial charge in [0.05, 0.1) is 11.4 Å². The molecule has 1 aromatic heterocycles. The van der Waals surface area contributed by atoms with Crippen LogP contribution in [0, 0.1) is 13.8 Å². The van der Waals surface area contributed by atoms with Crippen molar-refractivity contribution in [1.29, 1.82) is 0 Å². The summed E-state index contributed by atoms with van der Waals surface area (Å²) in [6.07, 6.45) is 0. The first-order chi connectivity index (χ1) is 9.90. The van der Waals surface area contributed by atoms with Gasteiger partial charge < -0.3 is 5.32 Å². The summed E-state index contributed by atoms with van der Waals surface area (Å²) in [5, 5.41) is 8.93. The molecular weight excluding hydrogens is 282 g/mol. The Morgan fingerprint density at radius 2 is 1.95 bits per heavy atom. The van der Waals surface area contributed by atoms with E-state index in [0.29, 0.717) is 12.0 Å². The molecule has 0 spiro atoms. The fraction of sp³-hybridized carbons (Fsp3) is 0.471. The number of rotatable bonds is 5. The summed E-state index contributed by atoms with van der Waals surface area (Å²) in [7, 11) is 0. The zero-order valence-electron chi connectivity index (χ0n) is 13.4. The van der Waals surface area contributed by atoms with Gasteiger partial charge in [-0.2, -0.15) is 5.10 Å². The van der Waals surface area contributed by atoms with Gasteiger partial charge in [-0.1, -0.05) is 38.4 Å². The van der Waals surface area contributed by atoms with Crippen LogP contribution in [-0.4, -0.2) is 22.4 Å². The summed E-state index contributed by atoms with van der Waals surface area (Å²) < 4.78 is 1.99. The zero-order chi connectivity index (χ0) is 15.6. The summed E-state index contributed by atoms with van der Waals surface area (Å²) in [6.45, 7) is 11.7. The molecule has 3 nitrogen and oxygen atoms in total. The quantitative estimate of drug-likeness (QED) is 0.895. The lowest BCUT2D eigenvalue weighted by Gasteiger charge is -2.16. The molecule has 0 aliphatic rings. The molecular formula is C17H24ClN3. The fourth-order valence-electron chi connectivity index (χ4n) is 2.74. The minimum atomic E-state index is 0.431. The largest absolute Gasteiger partial charge is 0.314 e. The zero-order valence-corrected chi connectivity index (χ0v) is 14.2. The Kier molecular flexibility index (Phi) is 5.07. The predicted molar refractivity (Wildman–Crippen MR) is 89.6 cm³/mol. The molecule has 0 saturated heterocycles. The molecule has 0 radical (unpaired) electrons. The second-order valence-corrected chi connectivity index (χ2v) is 6.38. The summed E-state index contributed by atoms with van der Waals surface area (Å²) in [5.41, 5.74) is 4.61. The third-order valence-corrected chi connectivity index (χ3v) is 3.96. The Morgan fingerprint density at radius 1 is 1.24 bits per heavy atom. The molecule has 0 saturated carbocycles. The van der Waals surface area contributed by atoms with Gasteiger partial charge in [0.1, 0.15) is 0 Å². The van der Waals surface area contributed by atoms with E-state index in [9.17, 15) is 0 Å². The maximum Gasteiger partial charge on any atom is 0.0663 e. The fourth-order valence-corrected chi connectivity index (χ4v) is 2.93. The van der Waals surface area contributed by atoms with E-state index in [2.05, 4.69) is 39.9 Å². The van der Waals surface area contributed by atoms with Crippen molar-refractivity contribution in [2.45, 2.75) is 46.6 Å². The standard InChI is InChI=1S/C17H24ClN3/c1-11(2)19-10-12(3)17-13(4)20-21(14(17)5)16-8-6-7-15(18)9-16/h6-9,11-12,19H,10H2,1-5H3. The average molecular weight is 306 g/mol. The van der Waals surface area contributed by atoms with Gasteiger partial charge in [-0.15, -0.1) is 0 Å². The van der Waals surface area contributed by atoms with E-state index in [1.165, 1.54) is 11.3 Å². The first-order valence-electron chi connectivity index (χ1n) is 7.45.